The van der Waals surface area contributed by atoms with Crippen molar-refractivity contribution in [1.82, 2.24) is 0 Å². The van der Waals surface area contributed by atoms with Gasteiger partial charge in [-0.05, 0) is 38.7 Å². The van der Waals surface area contributed by atoms with E-state index < -0.39 is 0 Å². The number of hydrogen-bond acceptors (Lipinski definition) is 4. The summed E-state index contributed by atoms with van der Waals surface area (Å²) in [5, 5.41) is 8.92. The van der Waals surface area contributed by atoms with Crippen LogP contribution in [-0.4, -0.2) is 43.7 Å². The van der Waals surface area contributed by atoms with Gasteiger partial charge in [0, 0.05) is 13.2 Å². The van der Waals surface area contributed by atoms with E-state index in [0.717, 1.165) is 18.4 Å². The first kappa shape index (κ1) is 21.8. The third kappa shape index (κ3) is 6.89. The van der Waals surface area contributed by atoms with E-state index in [4.69, 9.17) is 19.3 Å². The van der Waals surface area contributed by atoms with Gasteiger partial charge in [-0.1, -0.05) is 54.6 Å². The van der Waals surface area contributed by atoms with Crippen LogP contribution in [0.5, 0.6) is 0 Å². The van der Waals surface area contributed by atoms with Crippen LogP contribution in [0.3, 0.4) is 0 Å². The standard InChI is InChI=1S/C23H34O4/c1-4-11-23(19(2)3,17-25-13-8-12-24)18-27-22-14-21(15-22)26-16-20-9-6-5-7-10-20/h4-7,9-11,21-22,24H,2,8,12-18H2,1,3H3/b11-4+. The molecule has 1 N–H and O–H groups in total. The van der Waals surface area contributed by atoms with Crippen molar-refractivity contribution in [3.63, 3.8) is 0 Å². The number of hydrogen-bond donors (Lipinski definition) is 1. The quantitative estimate of drug-likeness (QED) is 0.413. The van der Waals surface area contributed by atoms with Crippen molar-refractivity contribution < 1.29 is 19.3 Å². The van der Waals surface area contributed by atoms with Gasteiger partial charge in [-0.25, -0.2) is 0 Å². The highest BCUT2D eigenvalue weighted by atomic mass is 16.5. The van der Waals surface area contributed by atoms with E-state index in [1.54, 1.807) is 0 Å². The number of ether oxygens (including phenoxy) is 3. The van der Waals surface area contributed by atoms with E-state index in [9.17, 15) is 0 Å². The van der Waals surface area contributed by atoms with Crippen LogP contribution in [0, 0.1) is 5.41 Å². The summed E-state index contributed by atoms with van der Waals surface area (Å²) in [4.78, 5) is 0. The molecule has 1 aliphatic carbocycles. The molecule has 0 saturated heterocycles. The first-order chi connectivity index (χ1) is 13.1. The Hall–Kier alpha value is -1.46. The van der Waals surface area contributed by atoms with Gasteiger partial charge in [0.15, 0.2) is 0 Å². The highest BCUT2D eigenvalue weighted by Gasteiger charge is 2.35. The molecule has 1 aromatic carbocycles. The number of aliphatic hydroxyl groups is 1. The summed E-state index contributed by atoms with van der Waals surface area (Å²) in [5.74, 6) is 0. The molecule has 1 unspecified atom stereocenters. The molecule has 0 radical (unpaired) electrons. The fourth-order valence-electron chi connectivity index (χ4n) is 3.11. The molecular formula is C23H34O4. The molecule has 4 heteroatoms. The Kier molecular flexibility index (Phi) is 9.22. The summed E-state index contributed by atoms with van der Waals surface area (Å²) in [5.41, 5.74) is 1.91. The molecule has 1 atom stereocenters. The van der Waals surface area contributed by atoms with Crippen molar-refractivity contribution in [3.05, 3.63) is 60.2 Å². The SMILES string of the molecule is C=C(C)C(/C=C/C)(COCCCO)COC1CC(OCc2ccccc2)C1. The Morgan fingerprint density at radius 3 is 2.52 bits per heavy atom. The van der Waals surface area contributed by atoms with Gasteiger partial charge in [-0.3, -0.25) is 0 Å². The normalized spacial score (nSPS) is 21.7. The summed E-state index contributed by atoms with van der Waals surface area (Å²) in [6, 6.07) is 10.3. The molecule has 0 bridgehead atoms. The Labute approximate surface area is 163 Å². The summed E-state index contributed by atoms with van der Waals surface area (Å²) in [7, 11) is 0. The van der Waals surface area contributed by atoms with Crippen LogP contribution >= 0.6 is 0 Å². The van der Waals surface area contributed by atoms with Crippen molar-refractivity contribution >= 4 is 0 Å². The van der Waals surface area contributed by atoms with Gasteiger partial charge < -0.3 is 19.3 Å². The van der Waals surface area contributed by atoms with Crippen LogP contribution in [0.25, 0.3) is 0 Å². The second-order valence-corrected chi connectivity index (χ2v) is 7.39. The zero-order valence-corrected chi connectivity index (χ0v) is 16.7. The fourth-order valence-corrected chi connectivity index (χ4v) is 3.11. The molecule has 1 fully saturated rings. The molecule has 1 aromatic rings. The lowest BCUT2D eigenvalue weighted by Gasteiger charge is -2.38. The smallest absolute Gasteiger partial charge is 0.0720 e. The third-order valence-electron chi connectivity index (χ3n) is 5.10. The summed E-state index contributed by atoms with van der Waals surface area (Å²) >= 11 is 0. The molecule has 0 aromatic heterocycles. The molecular weight excluding hydrogens is 340 g/mol. The molecule has 1 saturated carbocycles. The molecule has 0 spiro atoms. The van der Waals surface area contributed by atoms with Crippen LogP contribution in [-0.2, 0) is 20.8 Å². The number of allylic oxidation sites excluding steroid dienone is 1. The van der Waals surface area contributed by atoms with Gasteiger partial charge >= 0.3 is 0 Å². The lowest BCUT2D eigenvalue weighted by atomic mass is 9.82. The van der Waals surface area contributed by atoms with Gasteiger partial charge in [-0.15, -0.1) is 0 Å². The average Bonchev–Trinajstić information content (AvgIpc) is 2.64. The van der Waals surface area contributed by atoms with Crippen molar-refractivity contribution in [3.8, 4) is 0 Å². The topological polar surface area (TPSA) is 47.9 Å². The molecule has 2 rings (SSSR count). The van der Waals surface area contributed by atoms with E-state index in [1.807, 2.05) is 38.1 Å². The summed E-state index contributed by atoms with van der Waals surface area (Å²) in [6.45, 7) is 10.6. The van der Waals surface area contributed by atoms with Gasteiger partial charge in [0.2, 0.25) is 0 Å². The number of benzene rings is 1. The predicted molar refractivity (Wildman–Crippen MR) is 109 cm³/mol. The Balaban J connectivity index is 1.75. The Bertz CT molecular complexity index is 577. The van der Waals surface area contributed by atoms with Crippen molar-refractivity contribution in [2.45, 2.75) is 51.9 Å². The van der Waals surface area contributed by atoms with Crippen molar-refractivity contribution in [1.29, 1.82) is 0 Å². The van der Waals surface area contributed by atoms with E-state index >= 15 is 0 Å². The van der Waals surface area contributed by atoms with Crippen LogP contribution < -0.4 is 0 Å². The molecule has 4 nitrogen and oxygen atoms in total. The maximum Gasteiger partial charge on any atom is 0.0720 e. The van der Waals surface area contributed by atoms with Gasteiger partial charge in [0.25, 0.3) is 0 Å². The molecule has 0 amide bonds. The minimum absolute atomic E-state index is 0.145. The maximum absolute atomic E-state index is 8.92. The lowest BCUT2D eigenvalue weighted by molar-refractivity contribution is -0.120. The van der Waals surface area contributed by atoms with Gasteiger partial charge in [0.1, 0.15) is 0 Å². The predicted octanol–water partition coefficient (Wildman–Crippen LogP) is 4.29. The zero-order chi connectivity index (χ0) is 19.5. The van der Waals surface area contributed by atoms with Gasteiger partial charge in [0.05, 0.1) is 37.4 Å². The van der Waals surface area contributed by atoms with Crippen LogP contribution in [0.15, 0.2) is 54.6 Å². The van der Waals surface area contributed by atoms with E-state index in [1.165, 1.54) is 5.56 Å². The second kappa shape index (κ2) is 11.4. The van der Waals surface area contributed by atoms with Crippen molar-refractivity contribution in [2.24, 2.45) is 5.41 Å². The molecule has 1 aliphatic rings. The van der Waals surface area contributed by atoms with Crippen LogP contribution in [0.1, 0.15) is 38.7 Å². The minimum atomic E-state index is -0.319. The maximum atomic E-state index is 8.92. The highest BCUT2D eigenvalue weighted by Crippen LogP contribution is 2.33. The van der Waals surface area contributed by atoms with Crippen LogP contribution in [0.2, 0.25) is 0 Å². The van der Waals surface area contributed by atoms with Crippen molar-refractivity contribution in [2.75, 3.05) is 26.4 Å². The first-order valence-corrected chi connectivity index (χ1v) is 9.85. The number of aliphatic hydroxyl groups excluding tert-OH is 1. The zero-order valence-electron chi connectivity index (χ0n) is 16.7. The van der Waals surface area contributed by atoms with Crippen LogP contribution in [0.4, 0.5) is 0 Å². The van der Waals surface area contributed by atoms with E-state index in [-0.39, 0.29) is 24.2 Å². The first-order valence-electron chi connectivity index (χ1n) is 9.85. The Morgan fingerprint density at radius 2 is 1.89 bits per heavy atom. The lowest BCUT2D eigenvalue weighted by Crippen LogP contribution is -2.41. The largest absolute Gasteiger partial charge is 0.396 e. The molecule has 27 heavy (non-hydrogen) atoms. The van der Waals surface area contributed by atoms with E-state index in [0.29, 0.717) is 32.8 Å². The molecule has 0 aliphatic heterocycles. The fraction of sp³-hybridized carbons (Fsp3) is 0.565. The average molecular weight is 375 g/mol. The molecule has 150 valence electrons. The third-order valence-corrected chi connectivity index (χ3v) is 5.10. The minimum Gasteiger partial charge on any atom is -0.396 e. The summed E-state index contributed by atoms with van der Waals surface area (Å²) < 4.78 is 17.9. The monoisotopic (exact) mass is 374 g/mol. The molecule has 0 heterocycles. The highest BCUT2D eigenvalue weighted by molar-refractivity contribution is 5.18. The Morgan fingerprint density at radius 1 is 1.19 bits per heavy atom. The van der Waals surface area contributed by atoms with E-state index in [2.05, 4.69) is 24.8 Å². The second-order valence-electron chi connectivity index (χ2n) is 7.39. The summed E-state index contributed by atoms with van der Waals surface area (Å²) in [6.07, 6.45) is 7.16. The number of rotatable bonds is 13. The van der Waals surface area contributed by atoms with Gasteiger partial charge in [-0.2, -0.15) is 0 Å².